The lowest BCUT2D eigenvalue weighted by atomic mass is 10.2. The third kappa shape index (κ3) is 3.61. The molecule has 2 aliphatic rings. The van der Waals surface area contributed by atoms with Crippen LogP contribution in [0.4, 0.5) is 4.79 Å². The predicted octanol–water partition coefficient (Wildman–Crippen LogP) is -0.444. The second-order valence-electron chi connectivity index (χ2n) is 6.06. The number of nitrogens with one attached hydrogen (secondary N) is 1. The van der Waals surface area contributed by atoms with E-state index in [0.29, 0.717) is 13.0 Å². The van der Waals surface area contributed by atoms with E-state index in [2.05, 4.69) is 5.32 Å². The lowest BCUT2D eigenvalue weighted by Crippen LogP contribution is -2.52. The molecule has 1 saturated heterocycles. The number of nitrogens with zero attached hydrogens (tertiary/aromatic N) is 2. The molecule has 2 rings (SSSR count). The average molecular weight is 285 g/mol. The topological polar surface area (TPSA) is 93.1 Å². The molecule has 1 aliphatic heterocycles. The molecule has 3 atom stereocenters. The molecule has 0 spiro atoms. The molecule has 0 bridgehead atoms. The Balaban J connectivity index is 1.97. The van der Waals surface area contributed by atoms with Gasteiger partial charge in [0, 0.05) is 19.1 Å². The zero-order valence-corrected chi connectivity index (χ0v) is 12.0. The molecule has 1 heterocycles. The van der Waals surface area contributed by atoms with Crippen LogP contribution in [0.15, 0.2) is 0 Å². The van der Waals surface area contributed by atoms with Crippen molar-refractivity contribution in [2.45, 2.75) is 37.5 Å². The van der Waals surface area contributed by atoms with E-state index in [4.69, 9.17) is 5.11 Å². The van der Waals surface area contributed by atoms with Gasteiger partial charge in [0.2, 0.25) is 0 Å². The molecule has 7 nitrogen and oxygen atoms in total. The van der Waals surface area contributed by atoms with Crippen LogP contribution in [0.5, 0.6) is 0 Å². The maximum atomic E-state index is 12.3. The fraction of sp³-hybridized carbons (Fsp3) is 0.846. The first-order valence-electron chi connectivity index (χ1n) is 7.01. The Bertz CT molecular complexity index is 384. The first-order valence-corrected chi connectivity index (χ1v) is 7.01. The van der Waals surface area contributed by atoms with Crippen LogP contribution in [0, 0.1) is 5.92 Å². The summed E-state index contributed by atoms with van der Waals surface area (Å²) in [5, 5.41) is 21.5. The molecule has 7 heteroatoms. The summed E-state index contributed by atoms with van der Waals surface area (Å²) in [6, 6.07) is -1.26. The molecule has 0 aromatic rings. The predicted molar refractivity (Wildman–Crippen MR) is 72.4 cm³/mol. The Labute approximate surface area is 118 Å². The van der Waals surface area contributed by atoms with Crippen molar-refractivity contribution in [1.82, 2.24) is 15.1 Å². The van der Waals surface area contributed by atoms with Crippen LogP contribution in [0.3, 0.4) is 0 Å². The van der Waals surface area contributed by atoms with E-state index in [1.165, 1.54) is 0 Å². The summed E-state index contributed by atoms with van der Waals surface area (Å²) in [6.07, 6.45) is 1.70. The molecule has 2 amide bonds. The molecule has 1 saturated carbocycles. The first kappa shape index (κ1) is 15.1. The molecule has 2 fully saturated rings. The van der Waals surface area contributed by atoms with Crippen molar-refractivity contribution in [3.8, 4) is 0 Å². The summed E-state index contributed by atoms with van der Waals surface area (Å²) < 4.78 is 0. The molecule has 0 radical (unpaired) electrons. The third-order valence-electron chi connectivity index (χ3n) is 3.87. The highest BCUT2D eigenvalue weighted by Gasteiger charge is 2.40. The molecule has 3 unspecified atom stereocenters. The Morgan fingerprint density at radius 1 is 1.40 bits per heavy atom. The SMILES string of the molecule is CN(C)CC1CC(O)CN1C(=O)NC(C(=O)O)C1CC1. The largest absolute Gasteiger partial charge is 0.480 e. The highest BCUT2D eigenvalue weighted by atomic mass is 16.4. The smallest absolute Gasteiger partial charge is 0.326 e. The molecule has 20 heavy (non-hydrogen) atoms. The number of likely N-dealkylation sites (N-methyl/N-ethyl adjacent to an activating group) is 1. The van der Waals surface area contributed by atoms with Crippen molar-refractivity contribution in [2.24, 2.45) is 5.92 Å². The lowest BCUT2D eigenvalue weighted by Gasteiger charge is -2.28. The van der Waals surface area contributed by atoms with Crippen molar-refractivity contribution in [1.29, 1.82) is 0 Å². The van der Waals surface area contributed by atoms with E-state index in [-0.39, 0.29) is 24.5 Å². The summed E-state index contributed by atoms with van der Waals surface area (Å²) in [5.41, 5.74) is 0. The van der Waals surface area contributed by atoms with E-state index < -0.39 is 18.1 Å². The van der Waals surface area contributed by atoms with Gasteiger partial charge in [0.15, 0.2) is 0 Å². The second kappa shape index (κ2) is 5.97. The number of urea groups is 1. The van der Waals surface area contributed by atoms with Gasteiger partial charge in [0.25, 0.3) is 0 Å². The zero-order chi connectivity index (χ0) is 14.9. The average Bonchev–Trinajstić information content (AvgIpc) is 3.09. The van der Waals surface area contributed by atoms with Crippen LogP contribution in [-0.2, 0) is 4.79 Å². The zero-order valence-electron chi connectivity index (χ0n) is 12.0. The van der Waals surface area contributed by atoms with Crippen molar-refractivity contribution in [3.05, 3.63) is 0 Å². The summed E-state index contributed by atoms with van der Waals surface area (Å²) >= 11 is 0. The maximum absolute atomic E-state index is 12.3. The van der Waals surface area contributed by atoms with Crippen LogP contribution in [0.1, 0.15) is 19.3 Å². The number of aliphatic carboxylic acids is 1. The summed E-state index contributed by atoms with van der Waals surface area (Å²) in [6.45, 7) is 0.924. The summed E-state index contributed by atoms with van der Waals surface area (Å²) in [4.78, 5) is 26.9. The van der Waals surface area contributed by atoms with Gasteiger partial charge < -0.3 is 25.3 Å². The van der Waals surface area contributed by atoms with Gasteiger partial charge in [-0.05, 0) is 39.3 Å². The fourth-order valence-corrected chi connectivity index (χ4v) is 2.76. The third-order valence-corrected chi connectivity index (χ3v) is 3.87. The number of hydrogen-bond acceptors (Lipinski definition) is 4. The number of rotatable bonds is 5. The summed E-state index contributed by atoms with van der Waals surface area (Å²) in [5.74, 6) is -0.930. The van der Waals surface area contributed by atoms with Crippen molar-refractivity contribution in [3.63, 3.8) is 0 Å². The minimum atomic E-state index is -0.982. The summed E-state index contributed by atoms with van der Waals surface area (Å²) in [7, 11) is 3.82. The van der Waals surface area contributed by atoms with Gasteiger partial charge in [-0.15, -0.1) is 0 Å². The Kier molecular flexibility index (Phi) is 4.49. The Morgan fingerprint density at radius 2 is 2.05 bits per heavy atom. The molecular formula is C13H23N3O4. The monoisotopic (exact) mass is 285 g/mol. The van der Waals surface area contributed by atoms with Crippen LogP contribution in [0.2, 0.25) is 0 Å². The van der Waals surface area contributed by atoms with E-state index in [0.717, 1.165) is 12.8 Å². The second-order valence-corrected chi connectivity index (χ2v) is 6.06. The quantitative estimate of drug-likeness (QED) is 0.636. The van der Waals surface area contributed by atoms with E-state index in [1.807, 2.05) is 19.0 Å². The van der Waals surface area contributed by atoms with E-state index in [9.17, 15) is 14.7 Å². The number of carbonyl (C=O) groups excluding carboxylic acids is 1. The molecule has 0 aromatic carbocycles. The molecule has 0 aromatic heterocycles. The number of carboxylic acid groups (broad SMARTS) is 1. The van der Waals surface area contributed by atoms with Gasteiger partial charge in [-0.25, -0.2) is 9.59 Å². The number of β-amino-alcohol motifs (C(OH)–C–C–N with tert-alkyl or cyclic N) is 1. The molecular weight excluding hydrogens is 262 g/mol. The number of carbonyl (C=O) groups is 2. The minimum Gasteiger partial charge on any atom is -0.480 e. The number of aliphatic hydroxyl groups excluding tert-OH is 1. The molecule has 3 N–H and O–H groups in total. The van der Waals surface area contributed by atoms with Gasteiger partial charge in [0.1, 0.15) is 6.04 Å². The van der Waals surface area contributed by atoms with Crippen LogP contribution in [-0.4, -0.2) is 77.4 Å². The van der Waals surface area contributed by atoms with Crippen molar-refractivity contribution < 1.29 is 19.8 Å². The fourth-order valence-electron chi connectivity index (χ4n) is 2.76. The van der Waals surface area contributed by atoms with Gasteiger partial charge in [-0.3, -0.25) is 0 Å². The number of hydrogen-bond donors (Lipinski definition) is 3. The van der Waals surface area contributed by atoms with Crippen LogP contribution < -0.4 is 5.32 Å². The number of aliphatic hydroxyl groups is 1. The highest BCUT2D eigenvalue weighted by molar-refractivity contribution is 5.83. The highest BCUT2D eigenvalue weighted by Crippen LogP contribution is 2.33. The number of likely N-dealkylation sites (tertiary alicyclic amines) is 1. The molecule has 114 valence electrons. The minimum absolute atomic E-state index is 0.0521. The van der Waals surface area contributed by atoms with Gasteiger partial charge in [0.05, 0.1) is 6.10 Å². The maximum Gasteiger partial charge on any atom is 0.326 e. The number of amides is 2. The van der Waals surface area contributed by atoms with Crippen LogP contribution >= 0.6 is 0 Å². The standard InChI is InChI=1S/C13H23N3O4/c1-15(2)6-9-5-10(17)7-16(9)13(20)14-11(12(18)19)8-3-4-8/h8-11,17H,3-7H2,1-2H3,(H,14,20)(H,18,19). The van der Waals surface area contributed by atoms with Gasteiger partial charge >= 0.3 is 12.0 Å². The van der Waals surface area contributed by atoms with Crippen molar-refractivity contribution >= 4 is 12.0 Å². The van der Waals surface area contributed by atoms with E-state index in [1.54, 1.807) is 4.90 Å². The molecule has 1 aliphatic carbocycles. The van der Waals surface area contributed by atoms with Gasteiger partial charge in [-0.1, -0.05) is 0 Å². The Morgan fingerprint density at radius 3 is 2.55 bits per heavy atom. The van der Waals surface area contributed by atoms with Crippen LogP contribution in [0.25, 0.3) is 0 Å². The number of carboxylic acids is 1. The van der Waals surface area contributed by atoms with E-state index >= 15 is 0 Å². The van der Waals surface area contributed by atoms with Gasteiger partial charge in [-0.2, -0.15) is 0 Å². The lowest BCUT2D eigenvalue weighted by molar-refractivity contribution is -0.139. The first-order chi connectivity index (χ1) is 9.38. The normalized spacial score (nSPS) is 27.7. The van der Waals surface area contributed by atoms with Crippen molar-refractivity contribution in [2.75, 3.05) is 27.2 Å². The Hall–Kier alpha value is -1.34.